The molecule has 106 valence electrons. The van der Waals surface area contributed by atoms with Crippen molar-refractivity contribution in [1.29, 1.82) is 0 Å². The van der Waals surface area contributed by atoms with Crippen molar-refractivity contribution in [2.45, 2.75) is 13.0 Å². The molecule has 0 bridgehead atoms. The second kappa shape index (κ2) is 5.52. The number of sulfone groups is 1. The van der Waals surface area contributed by atoms with Gasteiger partial charge in [0.05, 0.1) is 22.4 Å². The van der Waals surface area contributed by atoms with E-state index < -0.39 is 26.6 Å². The van der Waals surface area contributed by atoms with Gasteiger partial charge in [-0.2, -0.15) is 0 Å². The number of halogens is 1. The van der Waals surface area contributed by atoms with Crippen molar-refractivity contribution >= 4 is 21.2 Å². The number of hydrogen-bond acceptors (Lipinski definition) is 5. The van der Waals surface area contributed by atoms with Crippen LogP contribution in [-0.2, 0) is 9.84 Å². The molecule has 1 atom stereocenters. The lowest BCUT2D eigenvalue weighted by Crippen LogP contribution is -2.35. The van der Waals surface area contributed by atoms with Crippen LogP contribution in [0.1, 0.15) is 6.92 Å². The number of non-ortho nitro benzene ring substituents is 1. The Morgan fingerprint density at radius 2 is 2.05 bits per heavy atom. The quantitative estimate of drug-likeness (QED) is 0.608. The normalized spacial score (nSPS) is 13.1. The van der Waals surface area contributed by atoms with Crippen molar-refractivity contribution in [3.8, 4) is 0 Å². The number of anilines is 1. The highest BCUT2D eigenvalue weighted by molar-refractivity contribution is 7.90. The van der Waals surface area contributed by atoms with Crippen LogP contribution < -0.4 is 4.90 Å². The van der Waals surface area contributed by atoms with Crippen LogP contribution in [0.2, 0.25) is 0 Å². The number of nitro benzene ring substituents is 1. The van der Waals surface area contributed by atoms with E-state index in [1.54, 1.807) is 14.0 Å². The maximum absolute atomic E-state index is 13.8. The molecule has 0 aliphatic carbocycles. The third-order valence-corrected chi connectivity index (χ3v) is 3.82. The van der Waals surface area contributed by atoms with Gasteiger partial charge in [-0.05, 0) is 13.0 Å². The molecule has 0 spiro atoms. The summed E-state index contributed by atoms with van der Waals surface area (Å²) in [5.74, 6) is -0.878. The molecule has 0 radical (unpaired) electrons. The van der Waals surface area contributed by atoms with Crippen molar-refractivity contribution in [3.63, 3.8) is 0 Å². The minimum absolute atomic E-state index is 0.125. The third kappa shape index (κ3) is 4.16. The SMILES string of the molecule is CC(CS(C)(=O)=O)N(C)c1ccc([N+](=O)[O-])cc1F. The number of nitro groups is 1. The van der Waals surface area contributed by atoms with Gasteiger partial charge >= 0.3 is 0 Å². The molecule has 0 saturated heterocycles. The monoisotopic (exact) mass is 290 g/mol. The van der Waals surface area contributed by atoms with E-state index in [0.717, 1.165) is 12.3 Å². The average Bonchev–Trinajstić information content (AvgIpc) is 2.25. The Bertz CT molecular complexity index is 588. The van der Waals surface area contributed by atoms with Crippen molar-refractivity contribution in [3.05, 3.63) is 34.1 Å². The highest BCUT2D eigenvalue weighted by atomic mass is 32.2. The molecule has 0 aliphatic heterocycles. The molecule has 8 heteroatoms. The van der Waals surface area contributed by atoms with Gasteiger partial charge in [-0.3, -0.25) is 10.1 Å². The molecule has 0 amide bonds. The molecule has 0 aliphatic rings. The van der Waals surface area contributed by atoms with E-state index in [1.807, 2.05) is 0 Å². The van der Waals surface area contributed by atoms with Crippen molar-refractivity contribution in [1.82, 2.24) is 0 Å². The predicted molar refractivity (Wildman–Crippen MR) is 70.6 cm³/mol. The molecule has 1 aromatic carbocycles. The molecule has 1 rings (SSSR count). The summed E-state index contributed by atoms with van der Waals surface area (Å²) in [7, 11) is -1.64. The van der Waals surface area contributed by atoms with Crippen LogP contribution >= 0.6 is 0 Å². The fourth-order valence-corrected chi connectivity index (χ4v) is 2.78. The Hall–Kier alpha value is -1.70. The van der Waals surface area contributed by atoms with Crippen molar-refractivity contribution in [2.24, 2.45) is 0 Å². The van der Waals surface area contributed by atoms with Gasteiger partial charge in [0, 0.05) is 25.4 Å². The summed E-state index contributed by atoms with van der Waals surface area (Å²) in [5.41, 5.74) is -0.216. The molecule has 0 aromatic heterocycles. The molecule has 19 heavy (non-hydrogen) atoms. The topological polar surface area (TPSA) is 80.5 Å². The van der Waals surface area contributed by atoms with E-state index in [4.69, 9.17) is 0 Å². The Kier molecular flexibility index (Phi) is 4.46. The van der Waals surface area contributed by atoms with Crippen LogP contribution in [0.3, 0.4) is 0 Å². The first-order chi connectivity index (χ1) is 8.61. The smallest absolute Gasteiger partial charge is 0.272 e. The van der Waals surface area contributed by atoms with Crippen LogP contribution in [-0.4, -0.2) is 38.4 Å². The third-order valence-electron chi connectivity index (χ3n) is 2.73. The van der Waals surface area contributed by atoms with Gasteiger partial charge in [0.15, 0.2) is 5.82 Å². The van der Waals surface area contributed by atoms with E-state index in [2.05, 4.69) is 0 Å². The predicted octanol–water partition coefficient (Wildman–Crippen LogP) is 1.60. The first kappa shape index (κ1) is 15.4. The summed E-state index contributed by atoms with van der Waals surface area (Å²) in [6.07, 6.45) is 1.10. The minimum atomic E-state index is -3.18. The highest BCUT2D eigenvalue weighted by Gasteiger charge is 2.19. The first-order valence-electron chi connectivity index (χ1n) is 5.46. The zero-order valence-electron chi connectivity index (χ0n) is 10.8. The van der Waals surface area contributed by atoms with E-state index in [9.17, 15) is 22.9 Å². The van der Waals surface area contributed by atoms with Crippen LogP contribution in [0.5, 0.6) is 0 Å². The summed E-state index contributed by atoms with van der Waals surface area (Å²) < 4.78 is 36.2. The van der Waals surface area contributed by atoms with Gasteiger partial charge in [-0.1, -0.05) is 0 Å². The Morgan fingerprint density at radius 1 is 1.47 bits per heavy atom. The minimum Gasteiger partial charge on any atom is -0.369 e. The molecule has 0 saturated carbocycles. The maximum Gasteiger partial charge on any atom is 0.272 e. The van der Waals surface area contributed by atoms with Crippen molar-refractivity contribution < 1.29 is 17.7 Å². The zero-order valence-corrected chi connectivity index (χ0v) is 11.6. The Balaban J connectivity index is 3.00. The summed E-state index contributed by atoms with van der Waals surface area (Å²) in [6.45, 7) is 1.64. The van der Waals surface area contributed by atoms with E-state index in [-0.39, 0.29) is 17.1 Å². The van der Waals surface area contributed by atoms with Crippen LogP contribution in [0.25, 0.3) is 0 Å². The molecule has 1 aromatic rings. The second-order valence-corrected chi connectivity index (χ2v) is 6.63. The highest BCUT2D eigenvalue weighted by Crippen LogP contribution is 2.24. The lowest BCUT2D eigenvalue weighted by atomic mass is 10.2. The van der Waals surface area contributed by atoms with Crippen LogP contribution in [0.15, 0.2) is 18.2 Å². The fraction of sp³-hybridized carbons (Fsp3) is 0.455. The molecule has 6 nitrogen and oxygen atoms in total. The van der Waals surface area contributed by atoms with Gasteiger partial charge in [0.25, 0.3) is 5.69 Å². The van der Waals surface area contributed by atoms with Gasteiger partial charge in [0.1, 0.15) is 9.84 Å². The summed E-state index contributed by atoms with van der Waals surface area (Å²) >= 11 is 0. The van der Waals surface area contributed by atoms with Gasteiger partial charge < -0.3 is 4.90 Å². The van der Waals surface area contributed by atoms with E-state index in [1.165, 1.54) is 17.0 Å². The second-order valence-electron chi connectivity index (χ2n) is 4.45. The van der Waals surface area contributed by atoms with Crippen LogP contribution in [0, 0.1) is 15.9 Å². The number of hydrogen-bond donors (Lipinski definition) is 0. The maximum atomic E-state index is 13.8. The molecule has 0 N–H and O–H groups in total. The summed E-state index contributed by atoms with van der Waals surface area (Å²) in [4.78, 5) is 11.3. The van der Waals surface area contributed by atoms with E-state index >= 15 is 0 Å². The standard InChI is InChI=1S/C11H15FN2O4S/c1-8(7-19(3,17)18)13(2)11-5-4-9(14(15)16)6-10(11)12/h4-6,8H,7H2,1-3H3. The van der Waals surface area contributed by atoms with Crippen LogP contribution in [0.4, 0.5) is 15.8 Å². The van der Waals surface area contributed by atoms with E-state index in [0.29, 0.717) is 0 Å². The zero-order chi connectivity index (χ0) is 14.8. The first-order valence-corrected chi connectivity index (χ1v) is 7.52. The molecule has 1 unspecified atom stereocenters. The average molecular weight is 290 g/mol. The Labute approximate surface area is 110 Å². The Morgan fingerprint density at radius 3 is 2.47 bits per heavy atom. The van der Waals surface area contributed by atoms with Gasteiger partial charge in [-0.25, -0.2) is 12.8 Å². The lowest BCUT2D eigenvalue weighted by Gasteiger charge is -2.26. The number of rotatable bonds is 5. The largest absolute Gasteiger partial charge is 0.369 e. The molecule has 0 heterocycles. The summed E-state index contributed by atoms with van der Waals surface area (Å²) in [5, 5.41) is 10.5. The van der Waals surface area contributed by atoms with Gasteiger partial charge in [0.2, 0.25) is 0 Å². The molecular formula is C11H15FN2O4S. The molecule has 0 fully saturated rings. The van der Waals surface area contributed by atoms with Crippen molar-refractivity contribution in [2.75, 3.05) is 24.0 Å². The summed E-state index contributed by atoms with van der Waals surface area (Å²) in [6, 6.07) is 2.83. The number of benzene rings is 1. The lowest BCUT2D eigenvalue weighted by molar-refractivity contribution is -0.385. The number of nitrogens with zero attached hydrogens (tertiary/aromatic N) is 2. The fourth-order valence-electron chi connectivity index (χ4n) is 1.68. The molecular weight excluding hydrogens is 275 g/mol. The van der Waals surface area contributed by atoms with Gasteiger partial charge in [-0.15, -0.1) is 0 Å².